The van der Waals surface area contributed by atoms with Gasteiger partial charge in [0.15, 0.2) is 5.82 Å². The number of pyridine rings is 1. The van der Waals surface area contributed by atoms with E-state index in [9.17, 15) is 13.6 Å². The van der Waals surface area contributed by atoms with Crippen molar-refractivity contribution >= 4 is 33.4 Å². The van der Waals surface area contributed by atoms with Crippen molar-refractivity contribution in [2.75, 3.05) is 44.2 Å². The summed E-state index contributed by atoms with van der Waals surface area (Å²) < 4.78 is 52.4. The number of piperidine rings is 1. The molecule has 4 aliphatic heterocycles. The lowest BCUT2D eigenvalue weighted by molar-refractivity contribution is -0.119. The number of anilines is 1. The van der Waals surface area contributed by atoms with Crippen molar-refractivity contribution < 1.29 is 22.7 Å². The van der Waals surface area contributed by atoms with E-state index in [1.807, 2.05) is 0 Å². The highest BCUT2D eigenvalue weighted by Crippen LogP contribution is 2.43. The van der Waals surface area contributed by atoms with Crippen LogP contribution in [-0.2, 0) is 4.79 Å². The van der Waals surface area contributed by atoms with Gasteiger partial charge in [-0.05, 0) is 43.7 Å². The molecule has 4 fully saturated rings. The average molecular weight is 627 g/mol. The molecule has 4 saturated heterocycles. The third-order valence-corrected chi connectivity index (χ3v) is 10.4. The van der Waals surface area contributed by atoms with Gasteiger partial charge >= 0.3 is 6.01 Å². The second-order valence-corrected chi connectivity index (χ2v) is 13.3. The van der Waals surface area contributed by atoms with Crippen LogP contribution in [0.2, 0.25) is 0 Å². The number of amides is 1. The first kappa shape index (κ1) is 29.0. The molecule has 8 nitrogen and oxygen atoms in total. The summed E-state index contributed by atoms with van der Waals surface area (Å²) in [5, 5.41) is 4.41. The highest BCUT2D eigenvalue weighted by Gasteiger charge is 2.49. The molecule has 3 atom stereocenters. The second kappa shape index (κ2) is 10.8. The van der Waals surface area contributed by atoms with Crippen molar-refractivity contribution in [1.29, 1.82) is 0 Å². The topological polar surface area (TPSA) is 83.5 Å². The van der Waals surface area contributed by atoms with Gasteiger partial charge in [0.25, 0.3) is 0 Å². The zero-order valence-corrected chi connectivity index (χ0v) is 25.3. The number of nitrogens with one attached hydrogen (secondary N) is 1. The standard InChI is InChI=1S/C35H33F3N6O2/c1-2-23-26(37)9-8-21-6-3-7-24(28(21)23)30-29(38)31-25(16-39-30)32(43-12-4-10-34(19-43)15-27(45)40-18-34)42-33(41-31)46-20-35-11-5-13-44(35)17-22(36)14-35/h1,3,6-9,16,22H,4-5,10-15,17-20H2,(H,40,45)/t22-,34?,35+/m1/s1. The zero-order chi connectivity index (χ0) is 31.6. The number of alkyl halides is 1. The van der Waals surface area contributed by atoms with Crippen molar-refractivity contribution in [3.8, 4) is 29.6 Å². The monoisotopic (exact) mass is 626 g/mol. The number of halogens is 3. The number of benzene rings is 2. The molecule has 0 bridgehead atoms. The third kappa shape index (κ3) is 4.65. The minimum atomic E-state index is -0.922. The molecule has 4 aromatic rings. The van der Waals surface area contributed by atoms with Gasteiger partial charge in [0.05, 0.1) is 16.5 Å². The van der Waals surface area contributed by atoms with Gasteiger partial charge in [-0.25, -0.2) is 13.2 Å². The molecule has 0 aliphatic carbocycles. The maximum Gasteiger partial charge on any atom is 0.319 e. The Hall–Kier alpha value is -4.43. The molecule has 2 aromatic carbocycles. The van der Waals surface area contributed by atoms with E-state index >= 15 is 4.39 Å². The zero-order valence-electron chi connectivity index (χ0n) is 25.3. The van der Waals surface area contributed by atoms with Gasteiger partial charge in [0.2, 0.25) is 5.91 Å². The number of hydrogen-bond donors (Lipinski definition) is 1. The van der Waals surface area contributed by atoms with Crippen LogP contribution in [0.15, 0.2) is 36.5 Å². The number of carbonyl (C=O) groups is 1. The molecule has 8 rings (SSSR count). The summed E-state index contributed by atoms with van der Waals surface area (Å²) in [4.78, 5) is 30.4. The molecule has 0 saturated carbocycles. The van der Waals surface area contributed by atoms with Crippen LogP contribution < -0.4 is 15.0 Å². The lowest BCUT2D eigenvalue weighted by Gasteiger charge is -2.40. The molecule has 0 radical (unpaired) electrons. The van der Waals surface area contributed by atoms with E-state index in [1.54, 1.807) is 30.5 Å². The maximum atomic E-state index is 16.8. The van der Waals surface area contributed by atoms with E-state index < -0.39 is 23.3 Å². The molecule has 2 aromatic heterocycles. The first-order valence-corrected chi connectivity index (χ1v) is 15.9. The number of hydrogen-bond acceptors (Lipinski definition) is 7. The summed E-state index contributed by atoms with van der Waals surface area (Å²) in [7, 11) is 0. The van der Waals surface area contributed by atoms with Crippen molar-refractivity contribution in [2.24, 2.45) is 5.41 Å². The fourth-order valence-corrected chi connectivity index (χ4v) is 8.28. The molecule has 1 spiro atoms. The minimum absolute atomic E-state index is 0.00407. The van der Waals surface area contributed by atoms with Crippen LogP contribution in [0.1, 0.15) is 44.1 Å². The largest absolute Gasteiger partial charge is 0.461 e. The predicted molar refractivity (Wildman–Crippen MR) is 168 cm³/mol. The Morgan fingerprint density at radius 3 is 2.83 bits per heavy atom. The Morgan fingerprint density at radius 2 is 2.00 bits per heavy atom. The molecule has 6 heterocycles. The molecular formula is C35H33F3N6O2. The van der Waals surface area contributed by atoms with Gasteiger partial charge in [0.1, 0.15) is 35.6 Å². The van der Waals surface area contributed by atoms with Gasteiger partial charge in [-0.2, -0.15) is 9.97 Å². The third-order valence-electron chi connectivity index (χ3n) is 10.4. The number of ether oxygens (including phenoxy) is 1. The van der Waals surface area contributed by atoms with Gasteiger partial charge in [-0.3, -0.25) is 14.7 Å². The molecule has 11 heteroatoms. The van der Waals surface area contributed by atoms with Crippen LogP contribution in [0.5, 0.6) is 6.01 Å². The highest BCUT2D eigenvalue weighted by atomic mass is 19.1. The highest BCUT2D eigenvalue weighted by molar-refractivity contribution is 6.02. The molecular weight excluding hydrogens is 593 g/mol. The van der Waals surface area contributed by atoms with E-state index in [4.69, 9.17) is 16.1 Å². The Balaban J connectivity index is 1.26. The number of nitrogens with zero attached hydrogens (tertiary/aromatic N) is 5. The normalized spacial score (nSPS) is 26.2. The van der Waals surface area contributed by atoms with Crippen LogP contribution in [0.4, 0.5) is 19.0 Å². The number of carbonyl (C=O) groups excluding carboxylic acids is 1. The second-order valence-electron chi connectivity index (χ2n) is 13.3. The number of terminal acetylenes is 1. The van der Waals surface area contributed by atoms with Crippen LogP contribution in [0.25, 0.3) is 32.9 Å². The average Bonchev–Trinajstić information content (AvgIpc) is 3.71. The fraction of sp³-hybridized carbons (Fsp3) is 0.429. The van der Waals surface area contributed by atoms with Gasteiger partial charge in [-0.1, -0.05) is 30.2 Å². The quantitative estimate of drug-likeness (QED) is 0.306. The van der Waals surface area contributed by atoms with Crippen LogP contribution in [-0.4, -0.2) is 76.8 Å². The van der Waals surface area contributed by atoms with Crippen LogP contribution >= 0.6 is 0 Å². The fourth-order valence-electron chi connectivity index (χ4n) is 8.28. The van der Waals surface area contributed by atoms with Crippen LogP contribution in [0, 0.1) is 29.4 Å². The lowest BCUT2D eigenvalue weighted by atomic mass is 9.79. The van der Waals surface area contributed by atoms with Crippen molar-refractivity contribution in [1.82, 2.24) is 25.2 Å². The summed E-state index contributed by atoms with van der Waals surface area (Å²) in [5.41, 5.74) is -0.321. The molecule has 1 unspecified atom stereocenters. The van der Waals surface area contributed by atoms with Gasteiger partial charge in [-0.15, -0.1) is 6.42 Å². The van der Waals surface area contributed by atoms with E-state index in [-0.39, 0.29) is 40.7 Å². The van der Waals surface area contributed by atoms with Crippen LogP contribution in [0.3, 0.4) is 0 Å². The lowest BCUT2D eigenvalue weighted by Crippen LogP contribution is -2.45. The number of aromatic nitrogens is 3. The first-order chi connectivity index (χ1) is 22.3. The van der Waals surface area contributed by atoms with E-state index in [2.05, 4.69) is 31.0 Å². The number of fused-ring (bicyclic) bond motifs is 3. The van der Waals surface area contributed by atoms with Gasteiger partial charge in [0, 0.05) is 61.6 Å². The molecule has 1 N–H and O–H groups in total. The molecule has 4 aliphatic rings. The maximum absolute atomic E-state index is 16.8. The SMILES string of the molecule is C#Cc1c(F)ccc2cccc(-c3ncc4c(N5CCCC6(CNC(=O)C6)C5)nc(OC[C@@]56CCCN5C[C@H](F)C6)nc4c3F)c12. The smallest absolute Gasteiger partial charge is 0.319 e. The van der Waals surface area contributed by atoms with Gasteiger partial charge < -0.3 is 15.0 Å². The molecule has 46 heavy (non-hydrogen) atoms. The molecule has 236 valence electrons. The minimum Gasteiger partial charge on any atom is -0.461 e. The Kier molecular flexibility index (Phi) is 6.83. The number of rotatable bonds is 5. The Labute approximate surface area is 264 Å². The Bertz CT molecular complexity index is 1950. The Morgan fingerprint density at radius 1 is 1.13 bits per heavy atom. The summed E-state index contributed by atoms with van der Waals surface area (Å²) in [6, 6.07) is 8.10. The van der Waals surface area contributed by atoms with E-state index in [1.165, 1.54) is 6.07 Å². The predicted octanol–water partition coefficient (Wildman–Crippen LogP) is 5.17. The summed E-state index contributed by atoms with van der Waals surface area (Å²) >= 11 is 0. The summed E-state index contributed by atoms with van der Waals surface area (Å²) in [5.74, 6) is 1.63. The summed E-state index contributed by atoms with van der Waals surface area (Å²) in [6.07, 6.45) is 10.6. The summed E-state index contributed by atoms with van der Waals surface area (Å²) in [6.45, 7) is 3.16. The van der Waals surface area contributed by atoms with Crippen molar-refractivity contribution in [3.05, 3.63) is 53.7 Å². The molecule has 1 amide bonds. The van der Waals surface area contributed by atoms with Crippen molar-refractivity contribution in [2.45, 2.75) is 50.2 Å². The first-order valence-electron chi connectivity index (χ1n) is 15.9. The van der Waals surface area contributed by atoms with Crippen molar-refractivity contribution in [3.63, 3.8) is 0 Å². The van der Waals surface area contributed by atoms with E-state index in [0.717, 1.165) is 32.2 Å². The van der Waals surface area contributed by atoms with E-state index in [0.29, 0.717) is 66.6 Å².